The smallest absolute Gasteiger partial charge is 0.222 e. The number of carbonyl (C=O) groups is 1. The summed E-state index contributed by atoms with van der Waals surface area (Å²) in [6.07, 6.45) is 8.63. The fourth-order valence-electron chi connectivity index (χ4n) is 2.86. The number of imidazole rings is 1. The van der Waals surface area contributed by atoms with Crippen molar-refractivity contribution in [2.24, 2.45) is 0 Å². The number of aryl methyl sites for hydroxylation is 2. The Kier molecular flexibility index (Phi) is 5.61. The first kappa shape index (κ1) is 17.0. The molecule has 1 aromatic carbocycles. The molecule has 0 saturated heterocycles. The molecule has 1 amide bonds. The van der Waals surface area contributed by atoms with E-state index < -0.39 is 0 Å². The molecule has 3 aromatic rings. The van der Waals surface area contributed by atoms with Gasteiger partial charge < -0.3 is 9.88 Å². The van der Waals surface area contributed by atoms with Crippen LogP contribution in [0.15, 0.2) is 61.2 Å². The number of rotatable bonds is 8. The van der Waals surface area contributed by atoms with Gasteiger partial charge in [-0.2, -0.15) is 5.10 Å². The lowest BCUT2D eigenvalue weighted by atomic mass is 10.1. The van der Waals surface area contributed by atoms with Crippen LogP contribution in [0.25, 0.3) is 0 Å². The molecule has 0 aliphatic heterocycles. The molecule has 0 aliphatic carbocycles. The molecule has 0 aliphatic rings. The van der Waals surface area contributed by atoms with Gasteiger partial charge in [0.2, 0.25) is 5.91 Å². The van der Waals surface area contributed by atoms with Gasteiger partial charge in [-0.1, -0.05) is 37.3 Å². The molecule has 6 heteroatoms. The van der Waals surface area contributed by atoms with Crippen molar-refractivity contribution in [2.75, 3.05) is 0 Å². The molecule has 0 spiro atoms. The molecule has 2 heterocycles. The van der Waals surface area contributed by atoms with E-state index in [-0.39, 0.29) is 11.9 Å². The Morgan fingerprint density at radius 2 is 2.00 bits per heavy atom. The van der Waals surface area contributed by atoms with Crippen LogP contribution in [-0.2, 0) is 24.3 Å². The second-order valence-corrected chi connectivity index (χ2v) is 5.90. The third kappa shape index (κ3) is 4.56. The molecular formula is C19H23N5O. The second-order valence-electron chi connectivity index (χ2n) is 5.90. The molecule has 1 atom stereocenters. The second kappa shape index (κ2) is 8.28. The van der Waals surface area contributed by atoms with E-state index in [2.05, 4.69) is 22.3 Å². The average molecular weight is 337 g/mol. The summed E-state index contributed by atoms with van der Waals surface area (Å²) in [6.45, 7) is 3.31. The summed E-state index contributed by atoms with van der Waals surface area (Å²) in [4.78, 5) is 16.8. The van der Waals surface area contributed by atoms with Gasteiger partial charge >= 0.3 is 0 Å². The zero-order valence-corrected chi connectivity index (χ0v) is 14.4. The number of aromatic nitrogens is 4. The fourth-order valence-corrected chi connectivity index (χ4v) is 2.86. The number of nitrogens with one attached hydrogen (secondary N) is 1. The summed E-state index contributed by atoms with van der Waals surface area (Å²) in [5.74, 6) is 1.03. The highest BCUT2D eigenvalue weighted by Gasteiger charge is 2.15. The van der Waals surface area contributed by atoms with Gasteiger partial charge in [0, 0.05) is 44.2 Å². The summed E-state index contributed by atoms with van der Waals surface area (Å²) < 4.78 is 3.87. The van der Waals surface area contributed by atoms with E-state index in [1.165, 1.54) is 0 Å². The van der Waals surface area contributed by atoms with Crippen LogP contribution in [0.5, 0.6) is 0 Å². The molecule has 1 unspecified atom stereocenters. The van der Waals surface area contributed by atoms with Gasteiger partial charge in [0.1, 0.15) is 5.82 Å². The van der Waals surface area contributed by atoms with Crippen molar-refractivity contribution in [3.05, 3.63) is 72.6 Å². The lowest BCUT2D eigenvalue weighted by Gasteiger charge is -2.19. The Morgan fingerprint density at radius 3 is 2.72 bits per heavy atom. The first-order valence-corrected chi connectivity index (χ1v) is 8.58. The SMILES string of the molecule is CCc1nccn1CCC(=O)NC(Cn1cccn1)c1ccccc1. The van der Waals surface area contributed by atoms with E-state index in [1.807, 2.05) is 58.0 Å². The van der Waals surface area contributed by atoms with Crippen molar-refractivity contribution in [2.45, 2.75) is 38.9 Å². The van der Waals surface area contributed by atoms with E-state index in [9.17, 15) is 4.79 Å². The summed E-state index contributed by atoms with van der Waals surface area (Å²) in [6, 6.07) is 11.8. The maximum Gasteiger partial charge on any atom is 0.222 e. The maximum absolute atomic E-state index is 12.5. The molecule has 3 rings (SSSR count). The topological polar surface area (TPSA) is 64.7 Å². The normalized spacial score (nSPS) is 12.0. The van der Waals surface area contributed by atoms with E-state index in [0.29, 0.717) is 19.5 Å². The standard InChI is InChI=1S/C19H23N5O/c1-2-18-20-11-14-23(18)13-9-19(25)22-17(15-24-12-6-10-21-24)16-7-4-3-5-8-16/h3-8,10-12,14,17H,2,9,13,15H2,1H3,(H,22,25). The van der Waals surface area contributed by atoms with Crippen molar-refractivity contribution >= 4 is 5.91 Å². The van der Waals surface area contributed by atoms with Gasteiger partial charge in [-0.25, -0.2) is 4.98 Å². The molecule has 0 fully saturated rings. The fraction of sp³-hybridized carbons (Fsp3) is 0.316. The van der Waals surface area contributed by atoms with Crippen LogP contribution >= 0.6 is 0 Å². The third-order valence-corrected chi connectivity index (χ3v) is 4.16. The lowest BCUT2D eigenvalue weighted by molar-refractivity contribution is -0.122. The van der Waals surface area contributed by atoms with Crippen LogP contribution in [0.4, 0.5) is 0 Å². The van der Waals surface area contributed by atoms with Crippen molar-refractivity contribution in [3.8, 4) is 0 Å². The maximum atomic E-state index is 12.5. The van der Waals surface area contributed by atoms with Gasteiger partial charge in [-0.05, 0) is 11.6 Å². The van der Waals surface area contributed by atoms with Crippen LogP contribution in [0, 0.1) is 0 Å². The number of hydrogen-bond acceptors (Lipinski definition) is 3. The lowest BCUT2D eigenvalue weighted by Crippen LogP contribution is -2.32. The summed E-state index contributed by atoms with van der Waals surface area (Å²) in [5.41, 5.74) is 1.07. The van der Waals surface area contributed by atoms with Crippen molar-refractivity contribution in [3.63, 3.8) is 0 Å². The molecule has 1 N–H and O–H groups in total. The predicted molar refractivity (Wildman–Crippen MR) is 95.8 cm³/mol. The van der Waals surface area contributed by atoms with E-state index in [1.54, 1.807) is 12.4 Å². The van der Waals surface area contributed by atoms with Crippen LogP contribution in [0.2, 0.25) is 0 Å². The first-order valence-electron chi connectivity index (χ1n) is 8.58. The highest BCUT2D eigenvalue weighted by atomic mass is 16.1. The number of benzene rings is 1. The number of nitrogens with zero attached hydrogens (tertiary/aromatic N) is 4. The molecule has 25 heavy (non-hydrogen) atoms. The minimum absolute atomic E-state index is 0.0248. The van der Waals surface area contributed by atoms with Gasteiger partial charge in [-0.3, -0.25) is 9.48 Å². The predicted octanol–water partition coefficient (Wildman–Crippen LogP) is 2.59. The summed E-state index contributed by atoms with van der Waals surface area (Å²) in [5, 5.41) is 7.39. The first-order chi connectivity index (χ1) is 12.3. The number of carbonyl (C=O) groups excluding carboxylic acids is 1. The Morgan fingerprint density at radius 1 is 1.16 bits per heavy atom. The quantitative estimate of drug-likeness (QED) is 0.687. The zero-order valence-electron chi connectivity index (χ0n) is 14.4. The van der Waals surface area contributed by atoms with E-state index in [4.69, 9.17) is 0 Å². The van der Waals surface area contributed by atoms with Crippen LogP contribution in [-0.4, -0.2) is 25.2 Å². The monoisotopic (exact) mass is 337 g/mol. The van der Waals surface area contributed by atoms with Crippen LogP contribution in [0.1, 0.15) is 30.8 Å². The molecule has 0 saturated carbocycles. The zero-order chi connectivity index (χ0) is 17.5. The number of hydrogen-bond donors (Lipinski definition) is 1. The number of amides is 1. The molecule has 2 aromatic heterocycles. The van der Waals surface area contributed by atoms with Crippen LogP contribution in [0.3, 0.4) is 0 Å². The summed E-state index contributed by atoms with van der Waals surface area (Å²) in [7, 11) is 0. The Bertz CT molecular complexity index is 779. The van der Waals surface area contributed by atoms with Gasteiger partial charge in [0.15, 0.2) is 0 Å². The van der Waals surface area contributed by atoms with Crippen molar-refractivity contribution in [1.29, 1.82) is 0 Å². The van der Waals surface area contributed by atoms with E-state index >= 15 is 0 Å². The summed E-state index contributed by atoms with van der Waals surface area (Å²) >= 11 is 0. The van der Waals surface area contributed by atoms with Gasteiger partial charge in [-0.15, -0.1) is 0 Å². The minimum Gasteiger partial charge on any atom is -0.347 e. The Hall–Kier alpha value is -2.89. The van der Waals surface area contributed by atoms with Gasteiger partial charge in [0.25, 0.3) is 0 Å². The van der Waals surface area contributed by atoms with Gasteiger partial charge in [0.05, 0.1) is 12.6 Å². The molecule has 6 nitrogen and oxygen atoms in total. The molecule has 130 valence electrons. The Labute approximate surface area is 147 Å². The third-order valence-electron chi connectivity index (χ3n) is 4.16. The highest BCUT2D eigenvalue weighted by Crippen LogP contribution is 2.15. The van der Waals surface area contributed by atoms with Crippen molar-refractivity contribution in [1.82, 2.24) is 24.6 Å². The highest BCUT2D eigenvalue weighted by molar-refractivity contribution is 5.76. The largest absolute Gasteiger partial charge is 0.347 e. The van der Waals surface area contributed by atoms with Crippen molar-refractivity contribution < 1.29 is 4.79 Å². The Balaban J connectivity index is 1.64. The average Bonchev–Trinajstić information content (AvgIpc) is 3.31. The molecule has 0 bridgehead atoms. The molecule has 0 radical (unpaired) electrons. The van der Waals surface area contributed by atoms with Crippen LogP contribution < -0.4 is 5.32 Å². The van der Waals surface area contributed by atoms with E-state index in [0.717, 1.165) is 17.8 Å². The minimum atomic E-state index is -0.109. The molecular weight excluding hydrogens is 314 g/mol.